The third kappa shape index (κ3) is 6.62. The van der Waals surface area contributed by atoms with E-state index in [1.165, 1.54) is 36.4 Å². The summed E-state index contributed by atoms with van der Waals surface area (Å²) in [7, 11) is -4.13. The number of sulfonamides is 1. The standard InChI is InChI=1S/C22H18ClF3N2O4S/c1-15-5-11-20(12-6-15)33(30,31)28(18-4-2-3-16(23)13-18)14-21(29)27-17-7-9-19(10-8-17)32-22(24,25)26/h2-13H,14H2,1H3,(H,27,29). The lowest BCUT2D eigenvalue weighted by atomic mass is 10.2. The number of hydrogen-bond acceptors (Lipinski definition) is 4. The Morgan fingerprint density at radius 1 is 1.03 bits per heavy atom. The molecule has 0 bridgehead atoms. The first-order valence-corrected chi connectivity index (χ1v) is 11.3. The van der Waals surface area contributed by atoms with E-state index in [-0.39, 0.29) is 21.3 Å². The number of benzene rings is 3. The number of hydrogen-bond donors (Lipinski definition) is 1. The van der Waals surface area contributed by atoms with Gasteiger partial charge >= 0.3 is 6.36 Å². The smallest absolute Gasteiger partial charge is 0.406 e. The quantitative estimate of drug-likeness (QED) is 0.474. The molecule has 0 saturated heterocycles. The first-order valence-electron chi connectivity index (χ1n) is 9.45. The summed E-state index contributed by atoms with van der Waals surface area (Å²) in [5.41, 5.74) is 1.19. The Labute approximate surface area is 193 Å². The third-order valence-corrected chi connectivity index (χ3v) is 6.39. The van der Waals surface area contributed by atoms with E-state index in [0.717, 1.165) is 22.0 Å². The normalized spacial score (nSPS) is 11.7. The van der Waals surface area contributed by atoms with Crippen LogP contribution >= 0.6 is 11.6 Å². The zero-order chi connectivity index (χ0) is 24.2. The SMILES string of the molecule is Cc1ccc(S(=O)(=O)N(CC(=O)Nc2ccc(OC(F)(F)F)cc2)c2cccc(Cl)c2)cc1. The molecule has 0 heterocycles. The Morgan fingerprint density at radius 3 is 2.24 bits per heavy atom. The average molecular weight is 499 g/mol. The van der Waals surface area contributed by atoms with Gasteiger partial charge in [0.1, 0.15) is 12.3 Å². The molecule has 6 nitrogen and oxygen atoms in total. The van der Waals surface area contributed by atoms with Crippen LogP contribution in [0, 0.1) is 6.92 Å². The maximum Gasteiger partial charge on any atom is 0.573 e. The molecule has 33 heavy (non-hydrogen) atoms. The van der Waals surface area contributed by atoms with Crippen LogP contribution in [0.15, 0.2) is 77.7 Å². The van der Waals surface area contributed by atoms with Crippen molar-refractivity contribution >= 4 is 38.9 Å². The number of nitrogens with zero attached hydrogens (tertiary/aromatic N) is 1. The fraction of sp³-hybridized carbons (Fsp3) is 0.136. The molecule has 0 atom stereocenters. The molecule has 11 heteroatoms. The van der Waals surface area contributed by atoms with Crippen molar-refractivity contribution in [2.75, 3.05) is 16.2 Å². The highest BCUT2D eigenvalue weighted by molar-refractivity contribution is 7.92. The van der Waals surface area contributed by atoms with Crippen molar-refractivity contribution in [2.24, 2.45) is 0 Å². The molecule has 0 aliphatic heterocycles. The Kier molecular flexibility index (Phi) is 7.19. The van der Waals surface area contributed by atoms with Crippen LogP contribution in [0.1, 0.15) is 5.56 Å². The summed E-state index contributed by atoms with van der Waals surface area (Å²) in [6.45, 7) is 1.21. The van der Waals surface area contributed by atoms with Crippen LogP contribution in [0.2, 0.25) is 5.02 Å². The summed E-state index contributed by atoms with van der Waals surface area (Å²) in [6.07, 6.45) is -4.84. The van der Waals surface area contributed by atoms with E-state index in [2.05, 4.69) is 10.1 Å². The van der Waals surface area contributed by atoms with Gasteiger partial charge in [-0.25, -0.2) is 8.42 Å². The molecule has 1 N–H and O–H groups in total. The zero-order valence-corrected chi connectivity index (χ0v) is 18.7. The summed E-state index contributed by atoms with van der Waals surface area (Å²) in [4.78, 5) is 12.6. The molecule has 174 valence electrons. The van der Waals surface area contributed by atoms with Gasteiger partial charge in [-0.1, -0.05) is 35.4 Å². The van der Waals surface area contributed by atoms with Crippen LogP contribution in [-0.2, 0) is 14.8 Å². The van der Waals surface area contributed by atoms with E-state index >= 15 is 0 Å². The number of carbonyl (C=O) groups is 1. The third-order valence-electron chi connectivity index (χ3n) is 4.36. The van der Waals surface area contributed by atoms with E-state index in [0.29, 0.717) is 0 Å². The monoisotopic (exact) mass is 498 g/mol. The van der Waals surface area contributed by atoms with Gasteiger partial charge in [-0.3, -0.25) is 9.10 Å². The lowest BCUT2D eigenvalue weighted by molar-refractivity contribution is -0.274. The van der Waals surface area contributed by atoms with Gasteiger partial charge in [0.05, 0.1) is 10.6 Å². The fourth-order valence-corrected chi connectivity index (χ4v) is 4.45. The van der Waals surface area contributed by atoms with E-state index in [1.54, 1.807) is 24.3 Å². The van der Waals surface area contributed by atoms with Crippen LogP contribution < -0.4 is 14.4 Å². The lowest BCUT2D eigenvalue weighted by Crippen LogP contribution is -2.38. The number of aryl methyl sites for hydroxylation is 1. The van der Waals surface area contributed by atoms with Gasteiger partial charge in [0.25, 0.3) is 10.0 Å². The molecule has 0 unspecified atom stereocenters. The first-order chi connectivity index (χ1) is 15.4. The van der Waals surface area contributed by atoms with Gasteiger partial charge in [-0.2, -0.15) is 0 Å². The minimum Gasteiger partial charge on any atom is -0.406 e. The van der Waals surface area contributed by atoms with E-state index in [1.807, 2.05) is 6.92 Å². The van der Waals surface area contributed by atoms with Crippen molar-refractivity contribution < 1.29 is 31.1 Å². The summed E-state index contributed by atoms with van der Waals surface area (Å²) in [6, 6.07) is 16.6. The molecule has 3 aromatic rings. The van der Waals surface area contributed by atoms with Gasteiger partial charge < -0.3 is 10.1 Å². The maximum atomic E-state index is 13.3. The second kappa shape index (κ2) is 9.72. The van der Waals surface area contributed by atoms with Gasteiger partial charge in [0.15, 0.2) is 0 Å². The number of anilines is 2. The van der Waals surface area contributed by atoms with Crippen LogP contribution in [0.4, 0.5) is 24.5 Å². The Balaban J connectivity index is 1.84. The maximum absolute atomic E-state index is 13.3. The summed E-state index contributed by atoms with van der Waals surface area (Å²) in [5.74, 6) is -1.17. The second-order valence-corrected chi connectivity index (χ2v) is 9.22. The van der Waals surface area contributed by atoms with Crippen molar-refractivity contribution in [1.29, 1.82) is 0 Å². The molecule has 3 aromatic carbocycles. The number of ether oxygens (including phenoxy) is 1. The van der Waals surface area contributed by atoms with Crippen LogP contribution in [0.25, 0.3) is 0 Å². The Hall–Kier alpha value is -3.24. The Bertz CT molecular complexity index is 1230. The average Bonchev–Trinajstić information content (AvgIpc) is 2.72. The molecule has 1 amide bonds. The van der Waals surface area contributed by atoms with Gasteiger partial charge in [0.2, 0.25) is 5.91 Å². The molecule has 0 fully saturated rings. The molecule has 0 aliphatic rings. The number of nitrogens with one attached hydrogen (secondary N) is 1. The molecule has 0 aromatic heterocycles. The number of halogens is 4. The highest BCUT2D eigenvalue weighted by atomic mass is 35.5. The summed E-state index contributed by atoms with van der Waals surface area (Å²) >= 11 is 6.02. The molecule has 0 spiro atoms. The van der Waals surface area contributed by atoms with Crippen LogP contribution in [0.3, 0.4) is 0 Å². The predicted octanol–water partition coefficient (Wildman–Crippen LogP) is 5.38. The fourth-order valence-electron chi connectivity index (χ4n) is 2.85. The summed E-state index contributed by atoms with van der Waals surface area (Å²) < 4.78 is 68.2. The topological polar surface area (TPSA) is 75.7 Å². The number of rotatable bonds is 7. The van der Waals surface area contributed by atoms with E-state index < -0.39 is 34.6 Å². The first kappa shape index (κ1) is 24.4. The van der Waals surface area contributed by atoms with Gasteiger partial charge in [-0.05, 0) is 61.5 Å². The predicted molar refractivity (Wildman–Crippen MR) is 119 cm³/mol. The highest BCUT2D eigenvalue weighted by Gasteiger charge is 2.31. The minimum atomic E-state index is -4.84. The molecular weight excluding hydrogens is 481 g/mol. The molecular formula is C22H18ClF3N2O4S. The molecule has 3 rings (SSSR count). The largest absolute Gasteiger partial charge is 0.573 e. The minimum absolute atomic E-state index is 0.0190. The summed E-state index contributed by atoms with van der Waals surface area (Å²) in [5, 5.41) is 2.74. The van der Waals surface area contributed by atoms with Crippen LogP contribution in [0.5, 0.6) is 5.75 Å². The Morgan fingerprint density at radius 2 is 1.67 bits per heavy atom. The molecule has 0 saturated carbocycles. The number of amides is 1. The van der Waals surface area contributed by atoms with Crippen molar-refractivity contribution in [3.05, 3.63) is 83.4 Å². The molecule has 0 aliphatic carbocycles. The van der Waals surface area contributed by atoms with Crippen molar-refractivity contribution in [3.8, 4) is 5.75 Å². The van der Waals surface area contributed by atoms with Crippen LogP contribution in [-0.4, -0.2) is 27.2 Å². The van der Waals surface area contributed by atoms with Crippen molar-refractivity contribution in [1.82, 2.24) is 0 Å². The van der Waals surface area contributed by atoms with Crippen molar-refractivity contribution in [2.45, 2.75) is 18.2 Å². The van der Waals surface area contributed by atoms with Gasteiger partial charge in [0, 0.05) is 10.7 Å². The van der Waals surface area contributed by atoms with Gasteiger partial charge in [-0.15, -0.1) is 13.2 Å². The number of alkyl halides is 3. The highest BCUT2D eigenvalue weighted by Crippen LogP contribution is 2.27. The van der Waals surface area contributed by atoms with E-state index in [9.17, 15) is 26.4 Å². The molecule has 0 radical (unpaired) electrons. The van der Waals surface area contributed by atoms with Crippen molar-refractivity contribution in [3.63, 3.8) is 0 Å². The van der Waals surface area contributed by atoms with E-state index in [4.69, 9.17) is 11.6 Å². The lowest BCUT2D eigenvalue weighted by Gasteiger charge is -2.24. The zero-order valence-electron chi connectivity index (χ0n) is 17.1. The number of carbonyl (C=O) groups excluding carboxylic acids is 1. The second-order valence-electron chi connectivity index (χ2n) is 6.92.